The van der Waals surface area contributed by atoms with E-state index in [1.54, 1.807) is 0 Å². The van der Waals surface area contributed by atoms with Gasteiger partial charge in [0.15, 0.2) is 0 Å². The number of hydrogen-bond acceptors (Lipinski definition) is 3. The Morgan fingerprint density at radius 3 is 2.17 bits per heavy atom. The van der Waals surface area contributed by atoms with Crippen molar-refractivity contribution < 1.29 is 15.0 Å². The van der Waals surface area contributed by atoms with Gasteiger partial charge < -0.3 is 15.9 Å². The summed E-state index contributed by atoms with van der Waals surface area (Å²) in [5, 5.41) is 15.6. The molecule has 2 atom stereocenters. The first-order chi connectivity index (χ1) is 5.72. The third-order valence-corrected chi connectivity index (χ3v) is 2.14. The Hall–Kier alpha value is -0.610. The van der Waals surface area contributed by atoms with Crippen LogP contribution in [0.25, 0.3) is 0 Å². The number of carboxylic acids is 1. The Kier molecular flexibility index (Phi) is 5.66. The Morgan fingerprint density at radius 1 is 1.33 bits per heavy atom. The van der Waals surface area contributed by atoms with Crippen molar-refractivity contribution in [1.82, 2.24) is 0 Å². The topological polar surface area (TPSA) is 83.5 Å². The Labute approximate surface area is 72.4 Å². The molecule has 1 rings (SSSR count). The molecule has 0 aliphatic heterocycles. The third kappa shape index (κ3) is 3.19. The standard InChI is InChI=1S/C7H13NO2.CH4O/c8-6-4-2-1-3-5(6)7(9)10;1-2/h5-6H,1-4,8H2,(H,9,10);2H,1H3. The molecule has 0 aromatic rings. The first-order valence-corrected chi connectivity index (χ1v) is 4.15. The van der Waals surface area contributed by atoms with Crippen LogP contribution in [0.5, 0.6) is 0 Å². The fourth-order valence-corrected chi connectivity index (χ4v) is 1.47. The molecule has 4 nitrogen and oxygen atoms in total. The van der Waals surface area contributed by atoms with Crippen molar-refractivity contribution in [3.63, 3.8) is 0 Å². The van der Waals surface area contributed by atoms with Gasteiger partial charge in [-0.15, -0.1) is 0 Å². The van der Waals surface area contributed by atoms with Crippen LogP contribution in [0.1, 0.15) is 25.7 Å². The van der Waals surface area contributed by atoms with Gasteiger partial charge in [0, 0.05) is 13.2 Å². The molecule has 0 radical (unpaired) electrons. The minimum absolute atomic E-state index is 0.105. The highest BCUT2D eigenvalue weighted by atomic mass is 16.4. The van der Waals surface area contributed by atoms with E-state index in [0.29, 0.717) is 0 Å². The van der Waals surface area contributed by atoms with Crippen LogP contribution >= 0.6 is 0 Å². The lowest BCUT2D eigenvalue weighted by atomic mass is 9.85. The molecule has 4 heteroatoms. The van der Waals surface area contributed by atoms with Gasteiger partial charge in [0.2, 0.25) is 0 Å². The van der Waals surface area contributed by atoms with Gasteiger partial charge in [0.05, 0.1) is 5.92 Å². The van der Waals surface area contributed by atoms with E-state index < -0.39 is 5.97 Å². The predicted molar refractivity (Wildman–Crippen MR) is 45.7 cm³/mol. The normalized spacial score (nSPS) is 28.6. The molecular weight excluding hydrogens is 158 g/mol. The Bertz CT molecular complexity index is 138. The van der Waals surface area contributed by atoms with Crippen LogP contribution in [0.4, 0.5) is 0 Å². The van der Waals surface area contributed by atoms with E-state index in [-0.39, 0.29) is 12.0 Å². The van der Waals surface area contributed by atoms with Crippen LogP contribution in [0.3, 0.4) is 0 Å². The summed E-state index contributed by atoms with van der Waals surface area (Å²) in [5.74, 6) is -1.01. The molecule has 2 unspecified atom stereocenters. The first kappa shape index (κ1) is 11.4. The molecule has 0 spiro atoms. The second-order valence-corrected chi connectivity index (χ2v) is 2.89. The number of aliphatic hydroxyl groups excluding tert-OH is 1. The molecule has 1 fully saturated rings. The molecule has 4 N–H and O–H groups in total. The number of nitrogens with two attached hydrogens (primary N) is 1. The van der Waals surface area contributed by atoms with Crippen LogP contribution < -0.4 is 5.73 Å². The SMILES string of the molecule is CO.NC1CCCCC1C(=O)O. The molecule has 0 heterocycles. The summed E-state index contributed by atoms with van der Waals surface area (Å²) < 4.78 is 0. The molecule has 0 amide bonds. The van der Waals surface area contributed by atoms with Crippen LogP contribution in [0.15, 0.2) is 0 Å². The van der Waals surface area contributed by atoms with Gasteiger partial charge in [-0.1, -0.05) is 12.8 Å². The van der Waals surface area contributed by atoms with E-state index >= 15 is 0 Å². The minimum Gasteiger partial charge on any atom is -0.481 e. The summed E-state index contributed by atoms with van der Waals surface area (Å²) in [4.78, 5) is 10.5. The molecular formula is C8H17NO3. The average molecular weight is 175 g/mol. The predicted octanol–water partition coefficient (Wildman–Crippen LogP) is 0.197. The first-order valence-electron chi connectivity index (χ1n) is 4.15. The summed E-state index contributed by atoms with van der Waals surface area (Å²) in [5.41, 5.74) is 5.60. The highest BCUT2D eigenvalue weighted by Crippen LogP contribution is 2.22. The van der Waals surface area contributed by atoms with Gasteiger partial charge >= 0.3 is 5.97 Å². The van der Waals surface area contributed by atoms with Gasteiger partial charge in [0.1, 0.15) is 0 Å². The maximum Gasteiger partial charge on any atom is 0.308 e. The molecule has 12 heavy (non-hydrogen) atoms. The van der Waals surface area contributed by atoms with E-state index in [9.17, 15) is 4.79 Å². The molecule has 0 bridgehead atoms. The highest BCUT2D eigenvalue weighted by Gasteiger charge is 2.27. The Morgan fingerprint density at radius 2 is 1.83 bits per heavy atom. The molecule has 0 saturated heterocycles. The number of rotatable bonds is 1. The molecule has 1 aliphatic rings. The number of aliphatic hydroxyl groups is 1. The quantitative estimate of drug-likeness (QED) is 0.531. The zero-order valence-corrected chi connectivity index (χ0v) is 7.36. The summed E-state index contributed by atoms with van der Waals surface area (Å²) in [6.45, 7) is 0. The maximum atomic E-state index is 10.5. The van der Waals surface area contributed by atoms with E-state index in [1.165, 1.54) is 0 Å². The number of carboxylic acid groups (broad SMARTS) is 1. The summed E-state index contributed by atoms with van der Waals surface area (Å²) >= 11 is 0. The second-order valence-electron chi connectivity index (χ2n) is 2.89. The lowest BCUT2D eigenvalue weighted by Crippen LogP contribution is -2.37. The average Bonchev–Trinajstić information content (AvgIpc) is 2.08. The number of aliphatic carboxylic acids is 1. The van der Waals surface area contributed by atoms with Crippen molar-refractivity contribution in [3.05, 3.63) is 0 Å². The lowest BCUT2D eigenvalue weighted by molar-refractivity contribution is -0.143. The summed E-state index contributed by atoms with van der Waals surface area (Å²) in [6.07, 6.45) is 3.74. The van der Waals surface area contributed by atoms with Crippen molar-refractivity contribution in [2.75, 3.05) is 7.11 Å². The largest absolute Gasteiger partial charge is 0.481 e. The van der Waals surface area contributed by atoms with E-state index in [1.807, 2.05) is 0 Å². The van der Waals surface area contributed by atoms with Gasteiger partial charge in [-0.3, -0.25) is 4.79 Å². The molecule has 0 aromatic carbocycles. The van der Waals surface area contributed by atoms with Gasteiger partial charge in [0.25, 0.3) is 0 Å². The minimum atomic E-state index is -0.729. The summed E-state index contributed by atoms with van der Waals surface area (Å²) in [6, 6.07) is -0.105. The monoisotopic (exact) mass is 175 g/mol. The van der Waals surface area contributed by atoms with Crippen molar-refractivity contribution in [2.45, 2.75) is 31.7 Å². The van der Waals surface area contributed by atoms with Crippen LogP contribution in [-0.4, -0.2) is 29.3 Å². The molecule has 72 valence electrons. The van der Waals surface area contributed by atoms with Crippen molar-refractivity contribution in [3.8, 4) is 0 Å². The molecule has 0 aromatic heterocycles. The zero-order chi connectivity index (χ0) is 9.56. The smallest absolute Gasteiger partial charge is 0.308 e. The van der Waals surface area contributed by atoms with Crippen LogP contribution in [0.2, 0.25) is 0 Å². The molecule has 1 saturated carbocycles. The van der Waals surface area contributed by atoms with Crippen LogP contribution in [0, 0.1) is 5.92 Å². The van der Waals surface area contributed by atoms with Gasteiger partial charge in [-0.25, -0.2) is 0 Å². The van der Waals surface area contributed by atoms with Crippen molar-refractivity contribution in [1.29, 1.82) is 0 Å². The van der Waals surface area contributed by atoms with Crippen molar-refractivity contribution >= 4 is 5.97 Å². The fourth-order valence-electron chi connectivity index (χ4n) is 1.47. The fraction of sp³-hybridized carbons (Fsp3) is 0.875. The van der Waals surface area contributed by atoms with E-state index in [0.717, 1.165) is 32.8 Å². The second kappa shape index (κ2) is 5.97. The number of hydrogen-bond donors (Lipinski definition) is 3. The number of carbonyl (C=O) groups is 1. The van der Waals surface area contributed by atoms with E-state index in [4.69, 9.17) is 15.9 Å². The van der Waals surface area contributed by atoms with Gasteiger partial charge in [-0.2, -0.15) is 0 Å². The van der Waals surface area contributed by atoms with Crippen molar-refractivity contribution in [2.24, 2.45) is 11.7 Å². The highest BCUT2D eigenvalue weighted by molar-refractivity contribution is 5.70. The molecule has 1 aliphatic carbocycles. The van der Waals surface area contributed by atoms with E-state index in [2.05, 4.69) is 0 Å². The maximum absolute atomic E-state index is 10.5. The van der Waals surface area contributed by atoms with Crippen LogP contribution in [-0.2, 0) is 4.79 Å². The lowest BCUT2D eigenvalue weighted by Gasteiger charge is -2.24. The Balaban J connectivity index is 0.000000561. The third-order valence-electron chi connectivity index (χ3n) is 2.14. The summed E-state index contributed by atoms with van der Waals surface area (Å²) in [7, 11) is 1.00. The zero-order valence-electron chi connectivity index (χ0n) is 7.36. The van der Waals surface area contributed by atoms with Gasteiger partial charge in [-0.05, 0) is 12.8 Å².